The van der Waals surface area contributed by atoms with Crippen LogP contribution in [0.2, 0.25) is 0 Å². The SMILES string of the molecule is CN1CCN(c2ccc(CN3CCN(c4cc5c(cc4F)C(=O)N(C4CCC(=O)NC4=O)C5)CC3)cc2Br)CC1. The molecule has 0 radical (unpaired) electrons. The molecule has 2 aromatic carbocycles. The van der Waals surface area contributed by atoms with E-state index in [0.29, 0.717) is 24.3 Å². The summed E-state index contributed by atoms with van der Waals surface area (Å²) in [5.41, 5.74) is 4.00. The summed E-state index contributed by atoms with van der Waals surface area (Å²) in [4.78, 5) is 47.5. The molecule has 1 N–H and O–H groups in total. The quantitative estimate of drug-likeness (QED) is 0.520. The van der Waals surface area contributed by atoms with Crippen LogP contribution in [0.4, 0.5) is 15.8 Å². The number of imide groups is 1. The van der Waals surface area contributed by atoms with Gasteiger partial charge in [-0.15, -0.1) is 0 Å². The maximum atomic E-state index is 15.2. The zero-order valence-corrected chi connectivity index (χ0v) is 24.3. The van der Waals surface area contributed by atoms with Gasteiger partial charge in [-0.25, -0.2) is 4.39 Å². The first-order valence-electron chi connectivity index (χ1n) is 13.9. The van der Waals surface area contributed by atoms with E-state index in [0.717, 1.165) is 55.8 Å². The number of nitrogens with zero attached hydrogens (tertiary/aromatic N) is 5. The highest BCUT2D eigenvalue weighted by Crippen LogP contribution is 2.33. The van der Waals surface area contributed by atoms with Crippen molar-refractivity contribution in [2.45, 2.75) is 32.0 Å². The largest absolute Gasteiger partial charge is 0.368 e. The Kier molecular flexibility index (Phi) is 7.54. The first-order valence-corrected chi connectivity index (χ1v) is 14.7. The minimum Gasteiger partial charge on any atom is -0.368 e. The average Bonchev–Trinajstić information content (AvgIpc) is 3.24. The van der Waals surface area contributed by atoms with E-state index in [1.54, 1.807) is 6.07 Å². The summed E-state index contributed by atoms with van der Waals surface area (Å²) in [7, 11) is 2.16. The number of amides is 3. The van der Waals surface area contributed by atoms with Crippen LogP contribution in [-0.2, 0) is 22.7 Å². The van der Waals surface area contributed by atoms with Crippen LogP contribution in [0.3, 0.4) is 0 Å². The molecule has 3 fully saturated rings. The van der Waals surface area contributed by atoms with Crippen LogP contribution in [0.25, 0.3) is 0 Å². The molecule has 4 aliphatic rings. The molecule has 3 amide bonds. The number of carbonyl (C=O) groups is 3. The fourth-order valence-corrected chi connectivity index (χ4v) is 6.85. The van der Waals surface area contributed by atoms with Gasteiger partial charge < -0.3 is 19.6 Å². The molecule has 1 unspecified atom stereocenters. The molecular formula is C29H34BrFN6O3. The minimum absolute atomic E-state index is 0.192. The van der Waals surface area contributed by atoms with Crippen molar-refractivity contribution in [1.29, 1.82) is 0 Å². The van der Waals surface area contributed by atoms with Crippen LogP contribution >= 0.6 is 15.9 Å². The smallest absolute Gasteiger partial charge is 0.255 e. The van der Waals surface area contributed by atoms with E-state index in [2.05, 4.69) is 61.2 Å². The van der Waals surface area contributed by atoms with Gasteiger partial charge in [0, 0.05) is 81.9 Å². The molecule has 0 spiro atoms. The number of rotatable bonds is 5. The van der Waals surface area contributed by atoms with E-state index in [1.165, 1.54) is 22.2 Å². The number of nitrogens with one attached hydrogen (secondary N) is 1. The van der Waals surface area contributed by atoms with Crippen LogP contribution in [0.5, 0.6) is 0 Å². The van der Waals surface area contributed by atoms with Gasteiger partial charge >= 0.3 is 0 Å². The number of piperazine rings is 2. The molecule has 1 atom stereocenters. The Morgan fingerprint density at radius 1 is 0.925 bits per heavy atom. The maximum absolute atomic E-state index is 15.2. The average molecular weight is 614 g/mol. The molecule has 3 saturated heterocycles. The molecule has 0 aromatic heterocycles. The van der Waals surface area contributed by atoms with Crippen molar-refractivity contribution in [3.63, 3.8) is 0 Å². The third kappa shape index (κ3) is 5.34. The topological polar surface area (TPSA) is 79.4 Å². The Balaban J connectivity index is 1.07. The van der Waals surface area contributed by atoms with E-state index in [-0.39, 0.29) is 31.2 Å². The van der Waals surface area contributed by atoms with Gasteiger partial charge in [0.25, 0.3) is 5.91 Å². The monoisotopic (exact) mass is 612 g/mol. The molecule has 0 saturated carbocycles. The molecule has 6 rings (SSSR count). The van der Waals surface area contributed by atoms with Crippen LogP contribution in [0.1, 0.15) is 34.3 Å². The lowest BCUT2D eigenvalue weighted by Gasteiger charge is -2.37. The lowest BCUT2D eigenvalue weighted by atomic mass is 10.0. The first-order chi connectivity index (χ1) is 19.3. The number of hydrogen-bond donors (Lipinski definition) is 1. The summed E-state index contributed by atoms with van der Waals surface area (Å²) in [5, 5.41) is 2.31. The molecule has 11 heteroatoms. The highest BCUT2D eigenvalue weighted by molar-refractivity contribution is 9.10. The number of halogens is 2. The highest BCUT2D eigenvalue weighted by Gasteiger charge is 2.40. The molecular weight excluding hydrogens is 579 g/mol. The number of hydrogen-bond acceptors (Lipinski definition) is 7. The fraction of sp³-hybridized carbons (Fsp3) is 0.483. The zero-order valence-electron chi connectivity index (χ0n) is 22.7. The minimum atomic E-state index is -0.705. The highest BCUT2D eigenvalue weighted by atomic mass is 79.9. The van der Waals surface area contributed by atoms with Gasteiger partial charge in [-0.05, 0) is 64.8 Å². The summed E-state index contributed by atoms with van der Waals surface area (Å²) >= 11 is 3.79. The third-order valence-corrected chi connectivity index (χ3v) is 9.20. The molecule has 2 aromatic rings. The van der Waals surface area contributed by atoms with Crippen molar-refractivity contribution in [3.8, 4) is 0 Å². The Morgan fingerprint density at radius 2 is 1.62 bits per heavy atom. The summed E-state index contributed by atoms with van der Waals surface area (Å²) in [5.74, 6) is -1.57. The van der Waals surface area contributed by atoms with Gasteiger partial charge in [0.1, 0.15) is 11.9 Å². The van der Waals surface area contributed by atoms with Crippen molar-refractivity contribution >= 4 is 45.0 Å². The predicted molar refractivity (Wildman–Crippen MR) is 154 cm³/mol. The van der Waals surface area contributed by atoms with E-state index in [9.17, 15) is 14.4 Å². The molecule has 4 heterocycles. The van der Waals surface area contributed by atoms with Gasteiger partial charge in [0.05, 0.1) is 11.4 Å². The zero-order chi connectivity index (χ0) is 28.0. The lowest BCUT2D eigenvalue weighted by Crippen LogP contribution is -2.52. The number of likely N-dealkylation sites (N-methyl/N-ethyl adjacent to an activating group) is 1. The standard InChI is InChI=1S/C29H34BrFN6O3/c1-33-6-10-35(11-7-33)24-3-2-19(14-22(24)30)17-34-8-12-36(13-9-34)26-15-20-18-37(29(40)21(20)16-23(26)31)25-4-5-27(38)32-28(25)39/h2-3,14-16,25H,4-13,17-18H2,1H3,(H,32,38,39). The number of anilines is 2. The van der Waals surface area contributed by atoms with Gasteiger partial charge in [-0.1, -0.05) is 6.07 Å². The number of piperidine rings is 1. The first kappa shape index (κ1) is 27.2. The Morgan fingerprint density at radius 3 is 2.33 bits per heavy atom. The Bertz CT molecular complexity index is 1340. The summed E-state index contributed by atoms with van der Waals surface area (Å²) < 4.78 is 16.4. The van der Waals surface area contributed by atoms with Crippen molar-refractivity contribution in [3.05, 3.63) is 57.3 Å². The normalized spacial score (nSPS) is 22.6. The molecule has 0 bridgehead atoms. The van der Waals surface area contributed by atoms with Crippen LogP contribution in [0, 0.1) is 5.82 Å². The molecule has 9 nitrogen and oxygen atoms in total. The Hall–Kier alpha value is -3.02. The fourth-order valence-electron chi connectivity index (χ4n) is 6.18. The van der Waals surface area contributed by atoms with Crippen molar-refractivity contribution in [1.82, 2.24) is 20.0 Å². The van der Waals surface area contributed by atoms with Gasteiger partial charge in [-0.2, -0.15) is 0 Å². The third-order valence-electron chi connectivity index (χ3n) is 8.57. The van der Waals surface area contributed by atoms with Crippen molar-refractivity contribution in [2.75, 3.05) is 69.2 Å². The maximum Gasteiger partial charge on any atom is 0.255 e. The molecule has 212 valence electrons. The van der Waals surface area contributed by atoms with Gasteiger partial charge in [0.2, 0.25) is 11.8 Å². The molecule has 0 aliphatic carbocycles. The summed E-state index contributed by atoms with van der Waals surface area (Å²) in [6, 6.07) is 8.99. The van der Waals surface area contributed by atoms with E-state index >= 15 is 4.39 Å². The lowest BCUT2D eigenvalue weighted by molar-refractivity contribution is -0.136. The van der Waals surface area contributed by atoms with Crippen LogP contribution in [0.15, 0.2) is 34.8 Å². The Labute approximate surface area is 242 Å². The van der Waals surface area contributed by atoms with Crippen molar-refractivity contribution < 1.29 is 18.8 Å². The van der Waals surface area contributed by atoms with E-state index in [1.807, 2.05) is 4.90 Å². The molecule has 4 aliphatic heterocycles. The summed E-state index contributed by atoms with van der Waals surface area (Å²) in [6.07, 6.45) is 0.481. The predicted octanol–water partition coefficient (Wildman–Crippen LogP) is 2.42. The van der Waals surface area contributed by atoms with Gasteiger partial charge in [-0.3, -0.25) is 24.6 Å². The molecule has 40 heavy (non-hydrogen) atoms. The second-order valence-corrected chi connectivity index (χ2v) is 12.1. The van der Waals surface area contributed by atoms with E-state index in [4.69, 9.17) is 0 Å². The van der Waals surface area contributed by atoms with E-state index < -0.39 is 17.8 Å². The summed E-state index contributed by atoms with van der Waals surface area (Å²) in [6.45, 7) is 8.23. The van der Waals surface area contributed by atoms with Crippen molar-refractivity contribution in [2.24, 2.45) is 0 Å². The number of carbonyl (C=O) groups excluding carboxylic acids is 3. The second kappa shape index (κ2) is 11.1. The van der Waals surface area contributed by atoms with Crippen LogP contribution in [-0.4, -0.2) is 97.9 Å². The number of benzene rings is 2. The van der Waals surface area contributed by atoms with Crippen LogP contribution < -0.4 is 15.1 Å². The second-order valence-electron chi connectivity index (χ2n) is 11.2. The number of fused-ring (bicyclic) bond motifs is 1. The van der Waals surface area contributed by atoms with Gasteiger partial charge in [0.15, 0.2) is 0 Å².